The molecular formula is C36H39F2N3O5S. The van der Waals surface area contributed by atoms with Crippen LogP contribution < -0.4 is 15.2 Å². The molecule has 11 heteroatoms. The van der Waals surface area contributed by atoms with E-state index in [0.29, 0.717) is 39.8 Å². The Hall–Kier alpha value is -4.06. The van der Waals surface area contributed by atoms with Gasteiger partial charge in [0.15, 0.2) is 6.04 Å². The zero-order chi connectivity index (χ0) is 33.2. The first kappa shape index (κ1) is 32.9. The van der Waals surface area contributed by atoms with Gasteiger partial charge in [0.05, 0.1) is 11.0 Å². The van der Waals surface area contributed by atoms with Gasteiger partial charge in [0.2, 0.25) is 15.9 Å². The summed E-state index contributed by atoms with van der Waals surface area (Å²) in [6.07, 6.45) is 5.31. The van der Waals surface area contributed by atoms with E-state index in [4.69, 9.17) is 15.2 Å². The molecule has 1 aliphatic heterocycles. The van der Waals surface area contributed by atoms with Crippen molar-refractivity contribution >= 4 is 26.7 Å². The number of benzene rings is 4. The zero-order valence-corrected chi connectivity index (χ0v) is 27.0. The third kappa shape index (κ3) is 7.12. The van der Waals surface area contributed by atoms with E-state index in [0.717, 1.165) is 50.2 Å². The van der Waals surface area contributed by atoms with E-state index in [1.54, 1.807) is 42.5 Å². The van der Waals surface area contributed by atoms with E-state index in [1.165, 1.54) is 29.2 Å². The first-order valence-electron chi connectivity index (χ1n) is 16.0. The van der Waals surface area contributed by atoms with Crippen LogP contribution in [0.5, 0.6) is 17.2 Å². The number of carbonyl (C=O) groups excluding carboxylic acids is 1. The second kappa shape index (κ2) is 13.6. The highest BCUT2D eigenvalue weighted by molar-refractivity contribution is 7.89. The van der Waals surface area contributed by atoms with E-state index in [2.05, 4.69) is 0 Å². The number of fused-ring (bicyclic) bond motifs is 1. The van der Waals surface area contributed by atoms with Crippen molar-refractivity contribution in [3.8, 4) is 17.2 Å². The molecule has 8 nitrogen and oxygen atoms in total. The van der Waals surface area contributed by atoms with Gasteiger partial charge in [-0.05, 0) is 110 Å². The number of sulfonamides is 1. The van der Waals surface area contributed by atoms with Crippen molar-refractivity contribution in [1.29, 1.82) is 0 Å². The maximum atomic E-state index is 16.6. The summed E-state index contributed by atoms with van der Waals surface area (Å²) in [7, 11) is -3.53. The van der Waals surface area contributed by atoms with Gasteiger partial charge < -0.3 is 20.1 Å². The van der Waals surface area contributed by atoms with E-state index in [-0.39, 0.29) is 30.1 Å². The average Bonchev–Trinajstić information content (AvgIpc) is 3.58. The number of nitrogens with zero attached hydrogens (tertiary/aromatic N) is 2. The fourth-order valence-electron chi connectivity index (χ4n) is 6.30. The van der Waals surface area contributed by atoms with Crippen LogP contribution in [0.1, 0.15) is 44.1 Å². The summed E-state index contributed by atoms with van der Waals surface area (Å²) in [6.45, 7) is 0.317. The van der Waals surface area contributed by atoms with Crippen molar-refractivity contribution in [2.75, 3.05) is 20.1 Å². The Morgan fingerprint density at radius 3 is 2.13 bits per heavy atom. The van der Waals surface area contributed by atoms with E-state index in [9.17, 15) is 13.2 Å². The van der Waals surface area contributed by atoms with Crippen molar-refractivity contribution < 1.29 is 31.5 Å². The number of para-hydroxylation sites is 1. The third-order valence-corrected chi connectivity index (χ3v) is 10.9. The number of hydrogen-bond donors (Lipinski definition) is 1. The number of piperidine rings is 1. The van der Waals surface area contributed by atoms with Gasteiger partial charge in [-0.1, -0.05) is 30.3 Å². The van der Waals surface area contributed by atoms with Crippen molar-refractivity contribution in [1.82, 2.24) is 9.21 Å². The van der Waals surface area contributed by atoms with Crippen molar-refractivity contribution in [3.05, 3.63) is 96.6 Å². The van der Waals surface area contributed by atoms with Crippen molar-refractivity contribution in [2.24, 2.45) is 5.73 Å². The molecule has 0 unspecified atom stereocenters. The molecular weight excluding hydrogens is 624 g/mol. The largest absolute Gasteiger partial charge is 0.490 e. The molecule has 4 aromatic rings. The Morgan fingerprint density at radius 2 is 1.45 bits per heavy atom. The van der Waals surface area contributed by atoms with Crippen LogP contribution in [-0.2, 0) is 20.7 Å². The van der Waals surface area contributed by atoms with Crippen LogP contribution in [0.3, 0.4) is 0 Å². The highest BCUT2D eigenvalue weighted by atomic mass is 32.2. The van der Waals surface area contributed by atoms with Crippen molar-refractivity contribution in [3.63, 3.8) is 0 Å². The van der Waals surface area contributed by atoms with Crippen LogP contribution in [-0.4, -0.2) is 61.9 Å². The topological polar surface area (TPSA) is 102 Å². The van der Waals surface area contributed by atoms with Crippen LogP contribution in [0, 0.1) is 0 Å². The van der Waals surface area contributed by atoms with E-state index < -0.39 is 33.5 Å². The Balaban J connectivity index is 1.30. The quantitative estimate of drug-likeness (QED) is 0.203. The summed E-state index contributed by atoms with van der Waals surface area (Å²) >= 11 is 0. The SMILES string of the molecule is CN([C@H](C(=O)N1CCC(N)CC1)C(F)(F)c1ccc(Oc2ccccc2)cc1)S(=O)(=O)c1ccc2cc(OC3CCCC3)ccc2c1. The molecule has 47 heavy (non-hydrogen) atoms. The fraction of sp³-hybridized carbons (Fsp3) is 0.361. The van der Waals surface area contributed by atoms with Crippen LogP contribution in [0.2, 0.25) is 0 Å². The Bertz CT molecular complexity index is 1810. The lowest BCUT2D eigenvalue weighted by Crippen LogP contribution is -2.58. The lowest BCUT2D eigenvalue weighted by Gasteiger charge is -2.38. The second-order valence-electron chi connectivity index (χ2n) is 12.3. The lowest BCUT2D eigenvalue weighted by molar-refractivity contribution is -0.151. The highest BCUT2D eigenvalue weighted by Crippen LogP contribution is 2.39. The first-order valence-corrected chi connectivity index (χ1v) is 17.4. The summed E-state index contributed by atoms with van der Waals surface area (Å²) in [5.74, 6) is -3.33. The minimum atomic E-state index is -4.57. The summed E-state index contributed by atoms with van der Waals surface area (Å²) in [5.41, 5.74) is 5.49. The van der Waals surface area contributed by atoms with Gasteiger partial charge in [-0.3, -0.25) is 4.79 Å². The molecule has 4 aromatic carbocycles. The van der Waals surface area contributed by atoms with Gasteiger partial charge in [-0.15, -0.1) is 0 Å². The summed E-state index contributed by atoms with van der Waals surface area (Å²) in [6, 6.07) is 21.3. The minimum absolute atomic E-state index is 0.154. The van der Waals surface area contributed by atoms with Crippen LogP contribution in [0.15, 0.2) is 95.9 Å². The number of rotatable bonds is 10. The number of nitrogens with two attached hydrogens (primary N) is 1. The molecule has 1 saturated heterocycles. The molecule has 2 aliphatic rings. The molecule has 0 bridgehead atoms. The molecule has 2 N–H and O–H groups in total. The number of likely N-dealkylation sites (N-methyl/N-ethyl adjacent to an activating group) is 1. The van der Waals surface area contributed by atoms with E-state index in [1.807, 2.05) is 12.1 Å². The number of hydrogen-bond acceptors (Lipinski definition) is 6. The Kier molecular flexibility index (Phi) is 9.50. The molecule has 1 aliphatic carbocycles. The summed E-state index contributed by atoms with van der Waals surface area (Å²) in [4.78, 5) is 15.0. The molecule has 1 saturated carbocycles. The Morgan fingerprint density at radius 1 is 0.851 bits per heavy atom. The summed E-state index contributed by atoms with van der Waals surface area (Å²) < 4.78 is 73.6. The highest BCUT2D eigenvalue weighted by Gasteiger charge is 2.53. The van der Waals surface area contributed by atoms with Gasteiger partial charge >= 0.3 is 0 Å². The molecule has 1 amide bonds. The normalized spacial score (nSPS) is 17.3. The number of amides is 1. The fourth-order valence-corrected chi connectivity index (χ4v) is 7.65. The van der Waals surface area contributed by atoms with Gasteiger partial charge in [0, 0.05) is 31.7 Å². The first-order chi connectivity index (χ1) is 22.5. The van der Waals surface area contributed by atoms with Gasteiger partial charge in [-0.2, -0.15) is 13.1 Å². The standard InChI is InChI=1S/C36H39F2N3O5S/c1-40(47(43,44)33-18-12-25-23-32(15-11-26(25)24-33)46-30-9-5-6-10-30)34(35(42)41-21-19-28(39)20-22-41)36(37,38)27-13-16-31(17-14-27)45-29-7-3-2-4-8-29/h2-4,7-8,11-18,23-24,28,30,34H,5-6,9-10,19-22,39H2,1H3/t34-/m1/s1. The van der Waals surface area contributed by atoms with Crippen molar-refractivity contribution in [2.45, 2.75) is 67.5 Å². The number of carbonyl (C=O) groups is 1. The minimum Gasteiger partial charge on any atom is -0.490 e. The second-order valence-corrected chi connectivity index (χ2v) is 14.3. The molecule has 2 fully saturated rings. The zero-order valence-electron chi connectivity index (χ0n) is 26.2. The molecule has 1 heterocycles. The molecule has 0 spiro atoms. The molecule has 248 valence electrons. The maximum Gasteiger partial charge on any atom is 0.298 e. The van der Waals surface area contributed by atoms with Gasteiger partial charge in [0.1, 0.15) is 17.2 Å². The predicted octanol–water partition coefficient (Wildman–Crippen LogP) is 6.68. The molecule has 6 rings (SSSR count). The maximum absolute atomic E-state index is 16.6. The number of halogens is 2. The molecule has 0 aromatic heterocycles. The monoisotopic (exact) mass is 663 g/mol. The molecule has 0 radical (unpaired) electrons. The van der Waals surface area contributed by atoms with Crippen LogP contribution in [0.25, 0.3) is 10.8 Å². The predicted molar refractivity (Wildman–Crippen MR) is 176 cm³/mol. The lowest BCUT2D eigenvalue weighted by atomic mass is 9.98. The Labute approximate surface area is 274 Å². The summed E-state index contributed by atoms with van der Waals surface area (Å²) in [5, 5.41) is 1.36. The van der Waals surface area contributed by atoms with Gasteiger partial charge in [-0.25, -0.2) is 8.42 Å². The average molecular weight is 664 g/mol. The molecule has 1 atom stereocenters. The van der Waals surface area contributed by atoms with Crippen LogP contribution >= 0.6 is 0 Å². The number of ether oxygens (including phenoxy) is 2. The number of alkyl halides is 2. The third-order valence-electron chi connectivity index (χ3n) is 9.08. The van der Waals surface area contributed by atoms with Gasteiger partial charge in [0.25, 0.3) is 5.92 Å². The smallest absolute Gasteiger partial charge is 0.298 e. The van der Waals surface area contributed by atoms with E-state index >= 15 is 8.78 Å². The number of likely N-dealkylation sites (tertiary alicyclic amines) is 1. The van der Waals surface area contributed by atoms with Crippen LogP contribution in [0.4, 0.5) is 8.78 Å².